The van der Waals surface area contributed by atoms with Crippen molar-refractivity contribution in [2.45, 2.75) is 65.2 Å². The third-order valence-corrected chi connectivity index (χ3v) is 9.26. The normalized spacial score (nSPS) is 41.0. The predicted molar refractivity (Wildman–Crippen MR) is 112 cm³/mol. The van der Waals surface area contributed by atoms with Crippen LogP contribution in [0.3, 0.4) is 0 Å². The number of hydrogen-bond acceptors (Lipinski definition) is 3. The number of hydrogen-bond donors (Lipinski definition) is 0. The van der Waals surface area contributed by atoms with Crippen molar-refractivity contribution < 1.29 is 14.4 Å². The van der Waals surface area contributed by atoms with Crippen molar-refractivity contribution in [3.8, 4) is 0 Å². The zero-order valence-electron chi connectivity index (χ0n) is 18.7. The van der Waals surface area contributed by atoms with Gasteiger partial charge in [0.2, 0.25) is 5.91 Å². The van der Waals surface area contributed by atoms with E-state index in [4.69, 9.17) is 0 Å². The average Bonchev–Trinajstić information content (AvgIpc) is 3.03. The first kappa shape index (κ1) is 20.6. The molecule has 29 heavy (non-hydrogen) atoms. The maximum absolute atomic E-state index is 13.3. The van der Waals surface area contributed by atoms with Gasteiger partial charge in [-0.15, -0.1) is 0 Å². The summed E-state index contributed by atoms with van der Waals surface area (Å²) in [4.78, 5) is 40.4. The lowest BCUT2D eigenvalue weighted by Crippen LogP contribution is -2.53. The molecule has 5 heteroatoms. The third-order valence-electron chi connectivity index (χ3n) is 9.26. The SMILES string of the molecule is CN(C)C(=O)N(C)C(=O)C1CC[C@H]2[C@@H]3CCC4=CC(=O)CC[C@]4(C)[C@@H]3CC[C@]12C. The second kappa shape index (κ2) is 6.95. The highest BCUT2D eigenvalue weighted by atomic mass is 16.2. The number of carbonyl (C=O) groups is 3. The maximum atomic E-state index is 13.3. The molecule has 0 saturated heterocycles. The first-order valence-electron chi connectivity index (χ1n) is 11.3. The first-order valence-corrected chi connectivity index (χ1v) is 11.3. The van der Waals surface area contributed by atoms with Crippen LogP contribution in [0.5, 0.6) is 0 Å². The standard InChI is InChI=1S/C24H36N2O3/c1-23-12-10-16(27)14-15(23)6-7-17-18-8-9-20(24(18,2)13-11-19(17)23)21(28)26(5)22(29)25(3)4/h14,17-20H,6-13H2,1-5H3/t17-,18-,19+,20?,23-,24-/m0/s1. The van der Waals surface area contributed by atoms with E-state index in [1.807, 2.05) is 6.08 Å². The van der Waals surface area contributed by atoms with Gasteiger partial charge in [-0.3, -0.25) is 14.5 Å². The number of ketones is 1. The zero-order valence-corrected chi connectivity index (χ0v) is 18.7. The molecule has 0 bridgehead atoms. The molecular formula is C24H36N2O3. The molecule has 3 fully saturated rings. The van der Waals surface area contributed by atoms with Crippen LogP contribution >= 0.6 is 0 Å². The summed E-state index contributed by atoms with van der Waals surface area (Å²) in [5.74, 6) is 2.06. The van der Waals surface area contributed by atoms with Crippen LogP contribution in [0.25, 0.3) is 0 Å². The van der Waals surface area contributed by atoms with E-state index in [0.717, 1.165) is 44.9 Å². The second-order valence-corrected chi connectivity index (χ2v) is 10.7. The molecule has 0 aromatic carbocycles. The zero-order chi connectivity index (χ0) is 21.1. The van der Waals surface area contributed by atoms with E-state index in [-0.39, 0.29) is 28.7 Å². The molecule has 5 nitrogen and oxygen atoms in total. The van der Waals surface area contributed by atoms with E-state index in [2.05, 4.69) is 13.8 Å². The summed E-state index contributed by atoms with van der Waals surface area (Å²) in [6.07, 6.45) is 9.98. The van der Waals surface area contributed by atoms with Crippen molar-refractivity contribution in [1.29, 1.82) is 0 Å². The highest BCUT2D eigenvalue weighted by Crippen LogP contribution is 2.66. The lowest BCUT2D eigenvalue weighted by atomic mass is 9.47. The van der Waals surface area contributed by atoms with Gasteiger partial charge in [-0.2, -0.15) is 0 Å². The molecule has 0 N–H and O–H groups in total. The minimum atomic E-state index is -0.234. The molecule has 3 saturated carbocycles. The molecule has 4 aliphatic rings. The Morgan fingerprint density at radius 1 is 0.966 bits per heavy atom. The van der Waals surface area contributed by atoms with Crippen molar-refractivity contribution in [3.63, 3.8) is 0 Å². The lowest BCUT2D eigenvalue weighted by Gasteiger charge is -2.58. The van der Waals surface area contributed by atoms with Gasteiger partial charge in [-0.1, -0.05) is 19.4 Å². The molecular weight excluding hydrogens is 364 g/mol. The average molecular weight is 401 g/mol. The molecule has 0 heterocycles. The van der Waals surface area contributed by atoms with E-state index < -0.39 is 0 Å². The molecule has 0 spiro atoms. The summed E-state index contributed by atoms with van der Waals surface area (Å²) in [6.45, 7) is 4.71. The van der Waals surface area contributed by atoms with Crippen LogP contribution in [-0.4, -0.2) is 48.7 Å². The van der Waals surface area contributed by atoms with Gasteiger partial charge in [-0.25, -0.2) is 4.79 Å². The number of rotatable bonds is 1. The van der Waals surface area contributed by atoms with E-state index in [0.29, 0.717) is 30.0 Å². The Labute approximate surface area is 174 Å². The Balaban J connectivity index is 1.58. The molecule has 4 aliphatic carbocycles. The Hall–Kier alpha value is -1.65. The fourth-order valence-electron chi connectivity index (χ4n) is 7.59. The Bertz CT molecular complexity index is 772. The molecule has 0 aromatic heterocycles. The Morgan fingerprint density at radius 2 is 1.69 bits per heavy atom. The Kier molecular flexibility index (Phi) is 4.94. The van der Waals surface area contributed by atoms with Crippen molar-refractivity contribution in [2.75, 3.05) is 21.1 Å². The number of imide groups is 1. The number of amides is 3. The summed E-state index contributed by atoms with van der Waals surface area (Å²) in [5.41, 5.74) is 1.54. The van der Waals surface area contributed by atoms with Gasteiger partial charge in [0.15, 0.2) is 5.78 Å². The van der Waals surface area contributed by atoms with Crippen LogP contribution in [0.1, 0.15) is 65.2 Å². The van der Waals surface area contributed by atoms with Crippen molar-refractivity contribution >= 4 is 17.7 Å². The number of allylic oxidation sites excluding steroid dienone is 1. The fraction of sp³-hybridized carbons (Fsp3) is 0.792. The summed E-state index contributed by atoms with van der Waals surface area (Å²) in [6, 6.07) is -0.234. The number of carbonyl (C=O) groups excluding carboxylic acids is 3. The van der Waals surface area contributed by atoms with E-state index in [1.165, 1.54) is 15.4 Å². The van der Waals surface area contributed by atoms with E-state index >= 15 is 0 Å². The van der Waals surface area contributed by atoms with Gasteiger partial charge in [0.05, 0.1) is 0 Å². The molecule has 0 radical (unpaired) electrons. The third kappa shape index (κ3) is 2.98. The van der Waals surface area contributed by atoms with Crippen LogP contribution in [0.15, 0.2) is 11.6 Å². The number of fused-ring (bicyclic) bond motifs is 5. The van der Waals surface area contributed by atoms with Crippen LogP contribution in [0, 0.1) is 34.5 Å². The quantitative estimate of drug-likeness (QED) is 0.660. The second-order valence-electron chi connectivity index (χ2n) is 10.7. The number of nitrogens with zero attached hydrogens (tertiary/aromatic N) is 2. The van der Waals surface area contributed by atoms with Crippen molar-refractivity contribution in [3.05, 3.63) is 11.6 Å². The molecule has 0 aromatic rings. The summed E-state index contributed by atoms with van der Waals surface area (Å²) < 4.78 is 0. The highest BCUT2D eigenvalue weighted by molar-refractivity contribution is 5.95. The monoisotopic (exact) mass is 400 g/mol. The minimum Gasteiger partial charge on any atom is -0.330 e. The van der Waals surface area contributed by atoms with Crippen molar-refractivity contribution in [2.24, 2.45) is 34.5 Å². The van der Waals surface area contributed by atoms with E-state index in [9.17, 15) is 14.4 Å². The summed E-state index contributed by atoms with van der Waals surface area (Å²) >= 11 is 0. The van der Waals surface area contributed by atoms with Gasteiger partial charge in [0, 0.05) is 33.5 Å². The van der Waals surface area contributed by atoms with Crippen LogP contribution < -0.4 is 0 Å². The highest BCUT2D eigenvalue weighted by Gasteiger charge is 2.60. The molecule has 4 rings (SSSR count). The lowest BCUT2D eigenvalue weighted by molar-refractivity contribution is -0.139. The van der Waals surface area contributed by atoms with Gasteiger partial charge < -0.3 is 4.90 Å². The largest absolute Gasteiger partial charge is 0.330 e. The summed E-state index contributed by atoms with van der Waals surface area (Å²) in [5, 5.41) is 0. The van der Waals surface area contributed by atoms with Crippen LogP contribution in [0.4, 0.5) is 4.79 Å². The number of urea groups is 1. The van der Waals surface area contributed by atoms with Crippen LogP contribution in [0.2, 0.25) is 0 Å². The first-order chi connectivity index (χ1) is 13.6. The minimum absolute atomic E-state index is 0.00183. The van der Waals surface area contributed by atoms with Crippen LogP contribution in [-0.2, 0) is 9.59 Å². The smallest absolute Gasteiger partial charge is 0.325 e. The Morgan fingerprint density at radius 3 is 2.38 bits per heavy atom. The van der Waals surface area contributed by atoms with Gasteiger partial charge in [0.1, 0.15) is 0 Å². The fourth-order valence-corrected chi connectivity index (χ4v) is 7.59. The maximum Gasteiger partial charge on any atom is 0.325 e. The van der Waals surface area contributed by atoms with Gasteiger partial charge >= 0.3 is 6.03 Å². The topological polar surface area (TPSA) is 57.7 Å². The molecule has 6 atom stereocenters. The van der Waals surface area contributed by atoms with Gasteiger partial charge in [0.25, 0.3) is 0 Å². The molecule has 3 amide bonds. The molecule has 1 unspecified atom stereocenters. The predicted octanol–water partition coefficient (Wildman–Crippen LogP) is 4.27. The molecule has 160 valence electrons. The van der Waals surface area contributed by atoms with Crippen molar-refractivity contribution in [1.82, 2.24) is 9.80 Å². The summed E-state index contributed by atoms with van der Waals surface area (Å²) in [7, 11) is 5.02. The molecule has 0 aliphatic heterocycles. The van der Waals surface area contributed by atoms with Gasteiger partial charge in [-0.05, 0) is 79.6 Å². The van der Waals surface area contributed by atoms with E-state index in [1.54, 1.807) is 21.1 Å².